The Bertz CT molecular complexity index is 473. The first-order valence-corrected chi connectivity index (χ1v) is 7.20. The van der Waals surface area contributed by atoms with Crippen LogP contribution >= 0.6 is 15.9 Å². The van der Waals surface area contributed by atoms with Crippen molar-refractivity contribution in [2.75, 3.05) is 18.0 Å². The maximum absolute atomic E-state index is 12.5. The van der Waals surface area contributed by atoms with E-state index in [9.17, 15) is 18.3 Å². The standard InChI is InChI=1S/C13H16BrF3N2O/c1-8-6-11(18-7-10(8)14)19-4-2-9(3-5-19)12(20)13(15,16)17/h6-7,9,12,20H,2-5H2,1H3. The Balaban J connectivity index is 1.99. The van der Waals surface area contributed by atoms with Crippen molar-refractivity contribution in [1.82, 2.24) is 4.98 Å². The molecule has 1 N–H and O–H groups in total. The SMILES string of the molecule is Cc1cc(N2CCC(C(O)C(F)(F)F)CC2)ncc1Br. The number of piperidine rings is 1. The fourth-order valence-corrected chi connectivity index (χ4v) is 2.63. The number of aryl methyl sites for hydroxylation is 1. The van der Waals surface area contributed by atoms with Gasteiger partial charge in [-0.05, 0) is 53.2 Å². The Morgan fingerprint density at radius 1 is 1.40 bits per heavy atom. The van der Waals surface area contributed by atoms with E-state index < -0.39 is 18.2 Å². The highest BCUT2D eigenvalue weighted by Crippen LogP contribution is 2.32. The van der Waals surface area contributed by atoms with Crippen LogP contribution < -0.4 is 4.90 Å². The van der Waals surface area contributed by atoms with Gasteiger partial charge in [0, 0.05) is 23.8 Å². The van der Waals surface area contributed by atoms with E-state index in [0.717, 1.165) is 15.9 Å². The number of pyridine rings is 1. The van der Waals surface area contributed by atoms with Crippen molar-refractivity contribution in [3.05, 3.63) is 22.3 Å². The molecule has 1 aliphatic heterocycles. The lowest BCUT2D eigenvalue weighted by Crippen LogP contribution is -2.43. The first-order valence-electron chi connectivity index (χ1n) is 6.41. The molecule has 1 saturated heterocycles. The van der Waals surface area contributed by atoms with Crippen LogP contribution in [0.2, 0.25) is 0 Å². The number of aromatic nitrogens is 1. The van der Waals surface area contributed by atoms with Gasteiger partial charge in [-0.2, -0.15) is 13.2 Å². The zero-order valence-electron chi connectivity index (χ0n) is 11.0. The normalized spacial score (nSPS) is 19.2. The van der Waals surface area contributed by atoms with Crippen molar-refractivity contribution in [2.45, 2.75) is 32.0 Å². The summed E-state index contributed by atoms with van der Waals surface area (Å²) >= 11 is 3.36. The Morgan fingerprint density at radius 2 is 2.00 bits per heavy atom. The van der Waals surface area contributed by atoms with E-state index >= 15 is 0 Å². The molecule has 1 fully saturated rings. The zero-order valence-corrected chi connectivity index (χ0v) is 12.6. The fourth-order valence-electron chi connectivity index (χ4n) is 2.41. The van der Waals surface area contributed by atoms with Crippen molar-refractivity contribution in [3.63, 3.8) is 0 Å². The molecule has 0 aliphatic carbocycles. The summed E-state index contributed by atoms with van der Waals surface area (Å²) < 4.78 is 38.3. The smallest absolute Gasteiger partial charge is 0.383 e. The third kappa shape index (κ3) is 3.44. The average molecular weight is 353 g/mol. The Kier molecular flexibility index (Phi) is 4.59. The number of hydrogen-bond donors (Lipinski definition) is 1. The summed E-state index contributed by atoms with van der Waals surface area (Å²) in [5.41, 5.74) is 1.03. The van der Waals surface area contributed by atoms with E-state index in [4.69, 9.17) is 0 Å². The van der Waals surface area contributed by atoms with Crippen LogP contribution in [0, 0.1) is 12.8 Å². The number of anilines is 1. The lowest BCUT2D eigenvalue weighted by Gasteiger charge is -2.35. The molecule has 1 aromatic rings. The van der Waals surface area contributed by atoms with Gasteiger partial charge < -0.3 is 10.0 Å². The van der Waals surface area contributed by atoms with Gasteiger partial charge in [-0.1, -0.05) is 0 Å². The highest BCUT2D eigenvalue weighted by Gasteiger charge is 2.44. The average Bonchev–Trinajstić information content (AvgIpc) is 2.40. The molecule has 2 rings (SSSR count). The largest absolute Gasteiger partial charge is 0.414 e. The van der Waals surface area contributed by atoms with Crippen molar-refractivity contribution in [1.29, 1.82) is 0 Å². The molecular formula is C13H16BrF3N2O. The summed E-state index contributed by atoms with van der Waals surface area (Å²) in [6.07, 6.45) is -4.42. The van der Waals surface area contributed by atoms with E-state index in [1.54, 1.807) is 6.20 Å². The van der Waals surface area contributed by atoms with E-state index in [-0.39, 0.29) is 0 Å². The molecule has 2 heterocycles. The highest BCUT2D eigenvalue weighted by molar-refractivity contribution is 9.10. The van der Waals surface area contributed by atoms with Gasteiger partial charge >= 0.3 is 6.18 Å². The maximum atomic E-state index is 12.5. The van der Waals surface area contributed by atoms with E-state index in [1.807, 2.05) is 17.9 Å². The number of aliphatic hydroxyl groups excluding tert-OH is 1. The number of alkyl halides is 3. The monoisotopic (exact) mass is 352 g/mol. The van der Waals surface area contributed by atoms with Crippen LogP contribution in [-0.2, 0) is 0 Å². The summed E-state index contributed by atoms with van der Waals surface area (Å²) in [7, 11) is 0. The second-order valence-corrected chi connectivity index (χ2v) is 5.96. The van der Waals surface area contributed by atoms with Gasteiger partial charge in [0.15, 0.2) is 6.10 Å². The molecule has 7 heteroatoms. The molecule has 1 atom stereocenters. The first kappa shape index (κ1) is 15.6. The molecule has 0 bridgehead atoms. The minimum absolute atomic E-state index is 0.317. The minimum atomic E-state index is -4.53. The Labute approximate surface area is 123 Å². The van der Waals surface area contributed by atoms with Crippen LogP contribution in [0.3, 0.4) is 0 Å². The quantitative estimate of drug-likeness (QED) is 0.887. The van der Waals surface area contributed by atoms with Gasteiger partial charge in [-0.3, -0.25) is 0 Å². The molecule has 1 aliphatic rings. The summed E-state index contributed by atoms with van der Waals surface area (Å²) in [5, 5.41) is 9.28. The van der Waals surface area contributed by atoms with Crippen LogP contribution in [0.15, 0.2) is 16.7 Å². The van der Waals surface area contributed by atoms with Crippen LogP contribution in [0.1, 0.15) is 18.4 Å². The van der Waals surface area contributed by atoms with Gasteiger partial charge in [-0.15, -0.1) is 0 Å². The van der Waals surface area contributed by atoms with Gasteiger partial charge in [0.2, 0.25) is 0 Å². The van der Waals surface area contributed by atoms with Crippen LogP contribution in [0.5, 0.6) is 0 Å². The number of rotatable bonds is 2. The van der Waals surface area contributed by atoms with Crippen molar-refractivity contribution < 1.29 is 18.3 Å². The molecule has 0 radical (unpaired) electrons. The topological polar surface area (TPSA) is 36.4 Å². The third-order valence-electron chi connectivity index (χ3n) is 3.68. The van der Waals surface area contributed by atoms with Gasteiger partial charge in [0.25, 0.3) is 0 Å². The zero-order chi connectivity index (χ0) is 14.9. The predicted octanol–water partition coefficient (Wildman–Crippen LogP) is 3.29. The summed E-state index contributed by atoms with van der Waals surface area (Å²) in [5.74, 6) is 0.0495. The molecule has 0 saturated carbocycles. The molecule has 112 valence electrons. The number of halogens is 4. The molecular weight excluding hydrogens is 337 g/mol. The molecule has 0 aromatic carbocycles. The minimum Gasteiger partial charge on any atom is -0.383 e. The summed E-state index contributed by atoms with van der Waals surface area (Å²) in [6, 6.07) is 1.91. The highest BCUT2D eigenvalue weighted by atomic mass is 79.9. The van der Waals surface area contributed by atoms with Crippen molar-refractivity contribution in [3.8, 4) is 0 Å². The molecule has 20 heavy (non-hydrogen) atoms. The molecule has 1 aromatic heterocycles. The third-order valence-corrected chi connectivity index (χ3v) is 4.51. The second kappa shape index (κ2) is 5.89. The molecule has 0 spiro atoms. The van der Waals surface area contributed by atoms with Crippen LogP contribution in [0.4, 0.5) is 19.0 Å². The first-order chi connectivity index (χ1) is 9.29. The second-order valence-electron chi connectivity index (χ2n) is 5.10. The molecule has 0 amide bonds. The number of hydrogen-bond acceptors (Lipinski definition) is 3. The van der Waals surface area contributed by atoms with Gasteiger partial charge in [0.1, 0.15) is 5.82 Å². The number of nitrogens with zero attached hydrogens (tertiary/aromatic N) is 2. The maximum Gasteiger partial charge on any atom is 0.414 e. The van der Waals surface area contributed by atoms with E-state index in [0.29, 0.717) is 25.9 Å². The van der Waals surface area contributed by atoms with Crippen molar-refractivity contribution >= 4 is 21.7 Å². The fraction of sp³-hybridized carbons (Fsp3) is 0.615. The van der Waals surface area contributed by atoms with Crippen LogP contribution in [-0.4, -0.2) is 35.5 Å². The summed E-state index contributed by atoms with van der Waals surface area (Å²) in [4.78, 5) is 6.23. The summed E-state index contributed by atoms with van der Waals surface area (Å²) in [6.45, 7) is 2.90. The molecule has 3 nitrogen and oxygen atoms in total. The number of aliphatic hydroxyl groups is 1. The lowest BCUT2D eigenvalue weighted by molar-refractivity contribution is -0.221. The van der Waals surface area contributed by atoms with Crippen LogP contribution in [0.25, 0.3) is 0 Å². The Morgan fingerprint density at radius 3 is 2.50 bits per heavy atom. The molecule has 1 unspecified atom stereocenters. The lowest BCUT2D eigenvalue weighted by atomic mass is 9.91. The van der Waals surface area contributed by atoms with E-state index in [2.05, 4.69) is 20.9 Å². The van der Waals surface area contributed by atoms with E-state index in [1.165, 1.54) is 0 Å². The predicted molar refractivity (Wildman–Crippen MR) is 73.7 cm³/mol. The van der Waals surface area contributed by atoms with Gasteiger partial charge in [0.05, 0.1) is 0 Å². The van der Waals surface area contributed by atoms with Gasteiger partial charge in [-0.25, -0.2) is 4.98 Å². The van der Waals surface area contributed by atoms with Crippen molar-refractivity contribution in [2.24, 2.45) is 5.92 Å². The Hall–Kier alpha value is -0.820.